The van der Waals surface area contributed by atoms with Gasteiger partial charge in [0.25, 0.3) is 0 Å². The second-order valence-electron chi connectivity index (χ2n) is 5.84. The molecule has 3 heteroatoms. The molecule has 112 valence electrons. The van der Waals surface area contributed by atoms with Gasteiger partial charge in [-0.3, -0.25) is 0 Å². The lowest BCUT2D eigenvalue weighted by atomic mass is 9.77. The molecule has 1 aromatic carbocycles. The third-order valence-corrected chi connectivity index (χ3v) is 6.23. The third kappa shape index (κ3) is 4.41. The van der Waals surface area contributed by atoms with E-state index in [2.05, 4.69) is 31.4 Å². The highest BCUT2D eigenvalue weighted by Gasteiger charge is 2.26. The van der Waals surface area contributed by atoms with E-state index in [-0.39, 0.29) is 0 Å². The summed E-state index contributed by atoms with van der Waals surface area (Å²) in [6, 6.07) is 8.76. The molecule has 0 aromatic heterocycles. The molecule has 0 aliphatic heterocycles. The van der Waals surface area contributed by atoms with Gasteiger partial charge in [0.2, 0.25) is 0 Å². The molecule has 1 aliphatic carbocycles. The molecule has 0 amide bonds. The van der Waals surface area contributed by atoms with Gasteiger partial charge in [0.15, 0.2) is 0 Å². The highest BCUT2D eigenvalue weighted by atomic mass is 35.5. The van der Waals surface area contributed by atoms with Gasteiger partial charge in [0, 0.05) is 16.7 Å². The van der Waals surface area contributed by atoms with E-state index in [9.17, 15) is 0 Å². The highest BCUT2D eigenvalue weighted by molar-refractivity contribution is 7.99. The van der Waals surface area contributed by atoms with E-state index in [1.807, 2.05) is 23.9 Å². The highest BCUT2D eigenvalue weighted by Crippen LogP contribution is 2.35. The summed E-state index contributed by atoms with van der Waals surface area (Å²) in [4.78, 5) is 1.21. The molecule has 0 spiro atoms. The second-order valence-corrected chi connectivity index (χ2v) is 7.31. The number of thioether (sulfide) groups is 1. The van der Waals surface area contributed by atoms with Crippen LogP contribution in [0.4, 0.5) is 0 Å². The smallest absolute Gasteiger partial charge is 0.0541 e. The summed E-state index contributed by atoms with van der Waals surface area (Å²) in [6.45, 7) is 2.33. The van der Waals surface area contributed by atoms with Gasteiger partial charge in [-0.2, -0.15) is 0 Å². The van der Waals surface area contributed by atoms with Crippen molar-refractivity contribution in [2.45, 2.75) is 50.0 Å². The Morgan fingerprint density at radius 1 is 1.35 bits per heavy atom. The molecule has 1 N–H and O–H groups in total. The predicted molar refractivity (Wildman–Crippen MR) is 90.8 cm³/mol. The van der Waals surface area contributed by atoms with Crippen molar-refractivity contribution in [3.8, 4) is 0 Å². The largest absolute Gasteiger partial charge is 0.316 e. The Balaban J connectivity index is 1.90. The monoisotopic (exact) mass is 311 g/mol. The molecular formula is C17H26ClNS. The average Bonchev–Trinajstić information content (AvgIpc) is 2.50. The van der Waals surface area contributed by atoms with Gasteiger partial charge in [-0.15, -0.1) is 11.8 Å². The summed E-state index contributed by atoms with van der Waals surface area (Å²) in [5.74, 6) is 2.88. The Morgan fingerprint density at radius 3 is 2.85 bits per heavy atom. The molecule has 1 fully saturated rings. The van der Waals surface area contributed by atoms with Crippen LogP contribution in [0, 0.1) is 11.8 Å². The first-order valence-electron chi connectivity index (χ1n) is 7.79. The van der Waals surface area contributed by atoms with Gasteiger partial charge in [0.1, 0.15) is 0 Å². The Hall–Kier alpha value is -0.180. The van der Waals surface area contributed by atoms with Crippen molar-refractivity contribution < 1.29 is 0 Å². The Bertz CT molecular complexity index is 410. The molecule has 0 saturated heterocycles. The summed E-state index contributed by atoms with van der Waals surface area (Å²) in [7, 11) is 2.10. The fourth-order valence-electron chi connectivity index (χ4n) is 3.27. The van der Waals surface area contributed by atoms with Crippen LogP contribution in [0.25, 0.3) is 0 Å². The minimum absolute atomic E-state index is 0.602. The maximum atomic E-state index is 6.24. The van der Waals surface area contributed by atoms with Crippen molar-refractivity contribution in [3.63, 3.8) is 0 Å². The standard InChI is InChI=1S/C17H26ClNS/c1-3-13-7-6-8-14(11-13)16(19-2)12-20-17-10-5-4-9-15(17)18/h4-5,9-10,13-14,16,19H,3,6-8,11-12H2,1-2H3. The number of hydrogen-bond donors (Lipinski definition) is 1. The van der Waals surface area contributed by atoms with E-state index in [0.29, 0.717) is 6.04 Å². The van der Waals surface area contributed by atoms with Crippen molar-refractivity contribution in [2.75, 3.05) is 12.8 Å². The zero-order valence-electron chi connectivity index (χ0n) is 12.6. The molecule has 2 rings (SSSR count). The van der Waals surface area contributed by atoms with Crippen LogP contribution in [0.2, 0.25) is 5.02 Å². The molecular weight excluding hydrogens is 286 g/mol. The van der Waals surface area contributed by atoms with Crippen molar-refractivity contribution in [2.24, 2.45) is 11.8 Å². The lowest BCUT2D eigenvalue weighted by molar-refractivity contribution is 0.223. The predicted octanol–water partition coefficient (Wildman–Crippen LogP) is 5.24. The molecule has 20 heavy (non-hydrogen) atoms. The van der Waals surface area contributed by atoms with E-state index in [0.717, 1.165) is 22.6 Å². The fraction of sp³-hybridized carbons (Fsp3) is 0.647. The topological polar surface area (TPSA) is 12.0 Å². The Kier molecular flexibility index (Phi) is 6.73. The van der Waals surface area contributed by atoms with Crippen LogP contribution in [0.5, 0.6) is 0 Å². The van der Waals surface area contributed by atoms with Gasteiger partial charge in [-0.05, 0) is 43.9 Å². The van der Waals surface area contributed by atoms with Crippen molar-refractivity contribution in [3.05, 3.63) is 29.3 Å². The van der Waals surface area contributed by atoms with E-state index < -0.39 is 0 Å². The molecule has 0 radical (unpaired) electrons. The van der Waals surface area contributed by atoms with E-state index in [1.54, 1.807) is 0 Å². The number of hydrogen-bond acceptors (Lipinski definition) is 2. The molecule has 0 heterocycles. The van der Waals surface area contributed by atoms with E-state index in [4.69, 9.17) is 11.6 Å². The Morgan fingerprint density at radius 2 is 2.15 bits per heavy atom. The van der Waals surface area contributed by atoms with E-state index in [1.165, 1.54) is 37.0 Å². The first-order valence-corrected chi connectivity index (χ1v) is 9.15. The number of halogens is 1. The van der Waals surface area contributed by atoms with E-state index >= 15 is 0 Å². The van der Waals surface area contributed by atoms with Crippen LogP contribution in [-0.4, -0.2) is 18.8 Å². The zero-order valence-corrected chi connectivity index (χ0v) is 14.1. The molecule has 1 aliphatic rings. The number of rotatable bonds is 6. The number of nitrogens with one attached hydrogen (secondary N) is 1. The lowest BCUT2D eigenvalue weighted by Gasteiger charge is -2.34. The minimum Gasteiger partial charge on any atom is -0.316 e. The van der Waals surface area contributed by atoms with Gasteiger partial charge in [-0.25, -0.2) is 0 Å². The van der Waals surface area contributed by atoms with Crippen LogP contribution in [0.3, 0.4) is 0 Å². The summed E-state index contributed by atoms with van der Waals surface area (Å²) in [6.07, 6.45) is 6.94. The van der Waals surface area contributed by atoms with Crippen LogP contribution in [0.15, 0.2) is 29.2 Å². The maximum absolute atomic E-state index is 6.24. The maximum Gasteiger partial charge on any atom is 0.0541 e. The summed E-state index contributed by atoms with van der Waals surface area (Å²) in [5, 5.41) is 4.42. The molecule has 3 atom stereocenters. The first kappa shape index (κ1) is 16.2. The van der Waals surface area contributed by atoms with Gasteiger partial charge < -0.3 is 5.32 Å². The van der Waals surface area contributed by atoms with Gasteiger partial charge in [0.05, 0.1) is 5.02 Å². The van der Waals surface area contributed by atoms with Crippen LogP contribution in [0.1, 0.15) is 39.0 Å². The fourth-order valence-corrected chi connectivity index (χ4v) is 4.74. The lowest BCUT2D eigenvalue weighted by Crippen LogP contribution is -2.38. The summed E-state index contributed by atoms with van der Waals surface area (Å²) in [5.41, 5.74) is 0. The minimum atomic E-state index is 0.602. The van der Waals surface area contributed by atoms with Crippen LogP contribution in [-0.2, 0) is 0 Å². The number of benzene rings is 1. The Labute approximate surface area is 132 Å². The zero-order chi connectivity index (χ0) is 14.4. The van der Waals surface area contributed by atoms with Gasteiger partial charge in [-0.1, -0.05) is 49.9 Å². The normalized spacial score (nSPS) is 24.6. The second kappa shape index (κ2) is 8.31. The van der Waals surface area contributed by atoms with Crippen molar-refractivity contribution >= 4 is 23.4 Å². The molecule has 1 nitrogen and oxygen atoms in total. The molecule has 1 aromatic rings. The van der Waals surface area contributed by atoms with Crippen LogP contribution >= 0.6 is 23.4 Å². The van der Waals surface area contributed by atoms with Crippen molar-refractivity contribution in [1.29, 1.82) is 0 Å². The summed E-state index contributed by atoms with van der Waals surface area (Å²) >= 11 is 8.13. The molecule has 3 unspecified atom stereocenters. The average molecular weight is 312 g/mol. The SMILES string of the molecule is CCC1CCCC(C(CSc2ccccc2Cl)NC)C1. The van der Waals surface area contributed by atoms with Crippen LogP contribution < -0.4 is 5.32 Å². The molecule has 0 bridgehead atoms. The van der Waals surface area contributed by atoms with Crippen molar-refractivity contribution in [1.82, 2.24) is 5.32 Å². The summed E-state index contributed by atoms with van der Waals surface area (Å²) < 4.78 is 0. The first-order chi connectivity index (χ1) is 9.74. The third-order valence-electron chi connectivity index (χ3n) is 4.60. The quantitative estimate of drug-likeness (QED) is 0.721. The molecule has 1 saturated carbocycles. The van der Waals surface area contributed by atoms with Gasteiger partial charge >= 0.3 is 0 Å².